The first-order valence-electron chi connectivity index (χ1n) is 4.31. The zero-order valence-electron chi connectivity index (χ0n) is 6.92. The maximum absolute atomic E-state index is 8.73. The second kappa shape index (κ2) is 3.16. The Morgan fingerprint density at radius 3 is 3.42 bits per heavy atom. The van der Waals surface area contributed by atoms with Crippen molar-refractivity contribution in [1.82, 2.24) is 5.32 Å². The number of nitrogens with zero attached hydrogens (tertiary/aromatic N) is 1. The minimum atomic E-state index is 0.161. The van der Waals surface area contributed by atoms with Gasteiger partial charge in [-0.2, -0.15) is 5.26 Å². The van der Waals surface area contributed by atoms with E-state index in [0.717, 1.165) is 26.2 Å². The third-order valence-corrected chi connectivity index (χ3v) is 2.48. The Morgan fingerprint density at radius 2 is 2.58 bits per heavy atom. The molecule has 3 heteroatoms. The van der Waals surface area contributed by atoms with Crippen LogP contribution in [-0.4, -0.2) is 19.8 Å². The van der Waals surface area contributed by atoms with Gasteiger partial charge in [-0.15, -0.1) is 0 Å². The molecule has 0 spiro atoms. The summed E-state index contributed by atoms with van der Waals surface area (Å²) < 4.78 is 5.31. The van der Waals surface area contributed by atoms with Crippen molar-refractivity contribution in [3.63, 3.8) is 0 Å². The van der Waals surface area contributed by atoms with Gasteiger partial charge in [0.2, 0.25) is 0 Å². The summed E-state index contributed by atoms with van der Waals surface area (Å²) >= 11 is 0. The van der Waals surface area contributed by atoms with Crippen molar-refractivity contribution in [2.45, 2.75) is 6.42 Å². The average Bonchev–Trinajstić information content (AvgIpc) is 2.17. The molecule has 12 heavy (non-hydrogen) atoms. The molecule has 1 N–H and O–H groups in total. The summed E-state index contributed by atoms with van der Waals surface area (Å²) in [4.78, 5) is 0. The van der Waals surface area contributed by atoms with Crippen LogP contribution < -0.4 is 5.32 Å². The van der Waals surface area contributed by atoms with E-state index in [4.69, 9.17) is 10.00 Å². The Labute approximate surface area is 72.0 Å². The van der Waals surface area contributed by atoms with E-state index in [0.29, 0.717) is 5.92 Å². The number of hydrogen-bond acceptors (Lipinski definition) is 3. The van der Waals surface area contributed by atoms with E-state index in [-0.39, 0.29) is 5.92 Å². The van der Waals surface area contributed by atoms with E-state index in [9.17, 15) is 0 Å². The largest absolute Gasteiger partial charge is 0.387 e. The zero-order chi connectivity index (χ0) is 8.39. The molecule has 0 aromatic heterocycles. The van der Waals surface area contributed by atoms with Gasteiger partial charge in [0.25, 0.3) is 0 Å². The molecule has 0 aromatic carbocycles. The topological polar surface area (TPSA) is 45.0 Å². The molecule has 1 fully saturated rings. The lowest BCUT2D eigenvalue weighted by Crippen LogP contribution is -2.37. The monoisotopic (exact) mass is 164 g/mol. The van der Waals surface area contributed by atoms with Gasteiger partial charge < -0.3 is 10.1 Å². The van der Waals surface area contributed by atoms with E-state index >= 15 is 0 Å². The van der Waals surface area contributed by atoms with Gasteiger partial charge in [0.05, 0.1) is 25.2 Å². The van der Waals surface area contributed by atoms with Crippen LogP contribution in [0, 0.1) is 23.2 Å². The Hall–Kier alpha value is -1.01. The van der Waals surface area contributed by atoms with Gasteiger partial charge in [-0.25, -0.2) is 0 Å². The number of piperidine rings is 1. The van der Waals surface area contributed by atoms with E-state index < -0.39 is 0 Å². The smallest absolute Gasteiger partial charge is 0.0674 e. The molecule has 0 saturated carbocycles. The quantitative estimate of drug-likeness (QED) is 0.571. The van der Waals surface area contributed by atoms with Crippen LogP contribution in [0.4, 0.5) is 0 Å². The first kappa shape index (κ1) is 7.63. The summed E-state index contributed by atoms with van der Waals surface area (Å²) in [7, 11) is 0. The molecule has 2 aliphatic rings. The summed E-state index contributed by atoms with van der Waals surface area (Å²) in [6.07, 6.45) is 3.04. The molecule has 0 bridgehead atoms. The molecule has 2 unspecified atom stereocenters. The number of hydrogen-bond donors (Lipinski definition) is 1. The molecule has 2 aliphatic heterocycles. The molecular formula is C9H12N2O. The van der Waals surface area contributed by atoms with Crippen LogP contribution in [0.3, 0.4) is 0 Å². The highest BCUT2D eigenvalue weighted by atomic mass is 16.5. The van der Waals surface area contributed by atoms with Crippen molar-refractivity contribution < 1.29 is 4.74 Å². The fourth-order valence-corrected chi connectivity index (χ4v) is 1.79. The molecule has 0 aliphatic carbocycles. The Bertz CT molecular complexity index is 241. The lowest BCUT2D eigenvalue weighted by atomic mass is 9.88. The van der Waals surface area contributed by atoms with Crippen LogP contribution in [-0.2, 0) is 4.74 Å². The average molecular weight is 164 g/mol. The Morgan fingerprint density at radius 1 is 1.67 bits per heavy atom. The van der Waals surface area contributed by atoms with Crippen molar-refractivity contribution in [1.29, 1.82) is 5.26 Å². The highest BCUT2D eigenvalue weighted by Gasteiger charge is 2.27. The molecule has 0 radical (unpaired) electrons. The molecule has 2 atom stereocenters. The van der Waals surface area contributed by atoms with Crippen LogP contribution in [0.2, 0.25) is 0 Å². The molecular weight excluding hydrogens is 152 g/mol. The van der Waals surface area contributed by atoms with Crippen molar-refractivity contribution in [2.75, 3.05) is 19.8 Å². The summed E-state index contributed by atoms with van der Waals surface area (Å²) in [5.41, 5.74) is 1.28. The molecule has 64 valence electrons. The fraction of sp³-hybridized carbons (Fsp3) is 0.667. The minimum absolute atomic E-state index is 0.161. The molecule has 2 heterocycles. The van der Waals surface area contributed by atoms with Gasteiger partial charge in [-0.05, 0) is 12.5 Å². The van der Waals surface area contributed by atoms with Crippen molar-refractivity contribution in [2.24, 2.45) is 11.8 Å². The fourth-order valence-electron chi connectivity index (χ4n) is 1.79. The van der Waals surface area contributed by atoms with Crippen LogP contribution in [0.25, 0.3) is 0 Å². The Balaban J connectivity index is 2.06. The maximum atomic E-state index is 8.73. The molecule has 0 aromatic rings. The molecule has 1 saturated heterocycles. The van der Waals surface area contributed by atoms with E-state index in [2.05, 4.69) is 17.5 Å². The lowest BCUT2D eigenvalue weighted by Gasteiger charge is -2.32. The van der Waals surface area contributed by atoms with E-state index in [1.807, 2.05) is 0 Å². The SMILES string of the molecule is N#CC1CNC2=CCOCC2C1. The third kappa shape index (κ3) is 1.30. The third-order valence-electron chi connectivity index (χ3n) is 2.48. The van der Waals surface area contributed by atoms with Crippen molar-refractivity contribution in [3.05, 3.63) is 11.8 Å². The summed E-state index contributed by atoms with van der Waals surface area (Å²) in [6.45, 7) is 2.30. The van der Waals surface area contributed by atoms with Crippen LogP contribution >= 0.6 is 0 Å². The second-order valence-corrected chi connectivity index (χ2v) is 3.34. The highest BCUT2D eigenvalue weighted by molar-refractivity contribution is 5.12. The Kier molecular flexibility index (Phi) is 2.01. The number of nitriles is 1. The summed E-state index contributed by atoms with van der Waals surface area (Å²) in [5.74, 6) is 0.603. The zero-order valence-corrected chi connectivity index (χ0v) is 6.92. The molecule has 2 rings (SSSR count). The summed E-state index contributed by atoms with van der Waals surface area (Å²) in [5, 5.41) is 12.0. The van der Waals surface area contributed by atoms with Crippen LogP contribution in [0.15, 0.2) is 11.8 Å². The predicted molar refractivity (Wildman–Crippen MR) is 44.1 cm³/mol. The lowest BCUT2D eigenvalue weighted by molar-refractivity contribution is 0.102. The van der Waals surface area contributed by atoms with E-state index in [1.165, 1.54) is 5.70 Å². The van der Waals surface area contributed by atoms with E-state index in [1.54, 1.807) is 0 Å². The van der Waals surface area contributed by atoms with Gasteiger partial charge in [0.15, 0.2) is 0 Å². The van der Waals surface area contributed by atoms with Gasteiger partial charge in [-0.3, -0.25) is 0 Å². The van der Waals surface area contributed by atoms with Gasteiger partial charge in [0.1, 0.15) is 0 Å². The normalized spacial score (nSPS) is 34.1. The van der Waals surface area contributed by atoms with Crippen molar-refractivity contribution in [3.8, 4) is 6.07 Å². The van der Waals surface area contributed by atoms with Crippen molar-refractivity contribution >= 4 is 0 Å². The molecule has 3 nitrogen and oxygen atoms in total. The number of ether oxygens (including phenoxy) is 1. The van der Waals surface area contributed by atoms with Crippen LogP contribution in [0.1, 0.15) is 6.42 Å². The van der Waals surface area contributed by atoms with Crippen LogP contribution in [0.5, 0.6) is 0 Å². The standard InChI is InChI=1S/C9H12N2O/c10-4-7-3-8-6-12-2-1-9(8)11-5-7/h1,7-8,11H,2-3,5-6H2. The maximum Gasteiger partial charge on any atom is 0.0674 e. The molecule has 0 amide bonds. The highest BCUT2D eigenvalue weighted by Crippen LogP contribution is 2.25. The second-order valence-electron chi connectivity index (χ2n) is 3.34. The number of fused-ring (bicyclic) bond motifs is 1. The first-order chi connectivity index (χ1) is 5.90. The van der Waals surface area contributed by atoms with Gasteiger partial charge in [0, 0.05) is 18.2 Å². The number of nitrogens with one attached hydrogen (secondary N) is 1. The minimum Gasteiger partial charge on any atom is -0.387 e. The first-order valence-corrected chi connectivity index (χ1v) is 4.31. The number of rotatable bonds is 0. The van der Waals surface area contributed by atoms with Gasteiger partial charge >= 0.3 is 0 Å². The van der Waals surface area contributed by atoms with Gasteiger partial charge in [-0.1, -0.05) is 0 Å². The summed E-state index contributed by atoms with van der Waals surface area (Å²) in [6, 6.07) is 2.29. The predicted octanol–water partition coefficient (Wildman–Crippen LogP) is 0.650.